The van der Waals surface area contributed by atoms with Gasteiger partial charge in [0.1, 0.15) is 0 Å². The summed E-state index contributed by atoms with van der Waals surface area (Å²) in [6, 6.07) is 0.865. The van der Waals surface area contributed by atoms with Crippen molar-refractivity contribution in [1.29, 1.82) is 0 Å². The summed E-state index contributed by atoms with van der Waals surface area (Å²) in [4.78, 5) is 2.60. The predicted octanol–water partition coefficient (Wildman–Crippen LogP) is 2.41. The van der Waals surface area contributed by atoms with Gasteiger partial charge >= 0.3 is 0 Å². The van der Waals surface area contributed by atoms with E-state index in [-0.39, 0.29) is 0 Å². The minimum Gasteiger partial charge on any atom is -0.377 e. The topological polar surface area (TPSA) is 24.5 Å². The third-order valence-corrected chi connectivity index (χ3v) is 4.96. The van der Waals surface area contributed by atoms with Gasteiger partial charge in [-0.1, -0.05) is 19.3 Å². The number of hydrogen-bond acceptors (Lipinski definition) is 3. The lowest BCUT2D eigenvalue weighted by Gasteiger charge is -2.23. The molecule has 19 heavy (non-hydrogen) atoms. The second-order valence-corrected chi connectivity index (χ2v) is 6.77. The van der Waals surface area contributed by atoms with Crippen molar-refractivity contribution in [3.63, 3.8) is 0 Å². The molecule has 1 saturated heterocycles. The van der Waals surface area contributed by atoms with Crippen LogP contribution in [0.3, 0.4) is 0 Å². The molecule has 1 unspecified atom stereocenters. The van der Waals surface area contributed by atoms with Crippen molar-refractivity contribution in [3.05, 3.63) is 0 Å². The highest BCUT2D eigenvalue weighted by atomic mass is 16.5. The first-order valence-electron chi connectivity index (χ1n) is 8.47. The molecule has 1 N–H and O–H groups in total. The molecule has 3 fully saturated rings. The lowest BCUT2D eigenvalue weighted by molar-refractivity contribution is 0.0184. The SMILES string of the molecule is C1CCC(OCCN2CCC(CNC3CC3)C2)CC1. The molecule has 0 aromatic heterocycles. The van der Waals surface area contributed by atoms with Gasteiger partial charge in [0.2, 0.25) is 0 Å². The van der Waals surface area contributed by atoms with Gasteiger partial charge < -0.3 is 15.0 Å². The zero-order valence-electron chi connectivity index (χ0n) is 12.3. The van der Waals surface area contributed by atoms with E-state index in [1.807, 2.05) is 0 Å². The highest BCUT2D eigenvalue weighted by molar-refractivity contribution is 4.84. The van der Waals surface area contributed by atoms with Gasteiger partial charge in [-0.05, 0) is 51.1 Å². The van der Waals surface area contributed by atoms with Crippen molar-refractivity contribution in [3.8, 4) is 0 Å². The number of nitrogens with one attached hydrogen (secondary N) is 1. The molecule has 0 spiro atoms. The van der Waals surface area contributed by atoms with Gasteiger partial charge in [-0.25, -0.2) is 0 Å². The van der Waals surface area contributed by atoms with E-state index in [0.29, 0.717) is 6.10 Å². The minimum atomic E-state index is 0.573. The Bertz CT molecular complexity index is 261. The number of rotatable bonds is 7. The van der Waals surface area contributed by atoms with Crippen LogP contribution in [0.25, 0.3) is 0 Å². The largest absolute Gasteiger partial charge is 0.377 e. The Morgan fingerprint density at radius 1 is 1.00 bits per heavy atom. The summed E-state index contributed by atoms with van der Waals surface area (Å²) in [6.07, 6.45) is 11.5. The molecule has 0 aromatic rings. The van der Waals surface area contributed by atoms with E-state index in [2.05, 4.69) is 10.2 Å². The number of nitrogens with zero attached hydrogens (tertiary/aromatic N) is 1. The third-order valence-electron chi connectivity index (χ3n) is 4.96. The van der Waals surface area contributed by atoms with E-state index >= 15 is 0 Å². The third kappa shape index (κ3) is 4.73. The fourth-order valence-corrected chi connectivity index (χ4v) is 3.48. The normalized spacial score (nSPS) is 30.0. The Balaban J connectivity index is 1.24. The fraction of sp³-hybridized carbons (Fsp3) is 1.00. The lowest BCUT2D eigenvalue weighted by Crippen LogP contribution is -2.30. The Kier molecular flexibility index (Phi) is 5.14. The van der Waals surface area contributed by atoms with E-state index < -0.39 is 0 Å². The average molecular weight is 266 g/mol. The molecule has 3 nitrogen and oxygen atoms in total. The maximum atomic E-state index is 6.03. The van der Waals surface area contributed by atoms with Gasteiger partial charge in [-0.15, -0.1) is 0 Å². The molecular weight excluding hydrogens is 236 g/mol. The summed E-state index contributed by atoms with van der Waals surface area (Å²) < 4.78 is 6.03. The van der Waals surface area contributed by atoms with Crippen molar-refractivity contribution < 1.29 is 4.74 Å². The Morgan fingerprint density at radius 3 is 2.63 bits per heavy atom. The van der Waals surface area contributed by atoms with Crippen LogP contribution in [-0.4, -0.2) is 49.8 Å². The molecule has 0 amide bonds. The summed E-state index contributed by atoms with van der Waals surface area (Å²) in [5, 5.41) is 3.67. The van der Waals surface area contributed by atoms with Gasteiger partial charge in [0.05, 0.1) is 12.7 Å². The molecule has 3 rings (SSSR count). The minimum absolute atomic E-state index is 0.573. The molecule has 0 bridgehead atoms. The van der Waals surface area contributed by atoms with Crippen LogP contribution in [0, 0.1) is 5.92 Å². The first kappa shape index (κ1) is 13.8. The van der Waals surface area contributed by atoms with Crippen LogP contribution in [0.2, 0.25) is 0 Å². The summed E-state index contributed by atoms with van der Waals surface area (Å²) >= 11 is 0. The van der Waals surface area contributed by atoms with Crippen LogP contribution >= 0.6 is 0 Å². The maximum absolute atomic E-state index is 6.03. The highest BCUT2D eigenvalue weighted by Crippen LogP contribution is 2.22. The molecule has 1 heterocycles. The van der Waals surface area contributed by atoms with E-state index in [1.54, 1.807) is 0 Å². The molecule has 3 heteroatoms. The molecule has 2 saturated carbocycles. The van der Waals surface area contributed by atoms with Gasteiger partial charge in [0.25, 0.3) is 0 Å². The zero-order chi connectivity index (χ0) is 12.9. The van der Waals surface area contributed by atoms with Crippen LogP contribution in [0.5, 0.6) is 0 Å². The fourth-order valence-electron chi connectivity index (χ4n) is 3.48. The van der Waals surface area contributed by atoms with Gasteiger partial charge in [-0.2, -0.15) is 0 Å². The monoisotopic (exact) mass is 266 g/mol. The van der Waals surface area contributed by atoms with E-state index in [1.165, 1.54) is 71.0 Å². The number of ether oxygens (including phenoxy) is 1. The van der Waals surface area contributed by atoms with Crippen LogP contribution in [-0.2, 0) is 4.74 Å². The molecule has 1 aliphatic heterocycles. The second kappa shape index (κ2) is 7.05. The van der Waals surface area contributed by atoms with E-state index in [9.17, 15) is 0 Å². The van der Waals surface area contributed by atoms with Gasteiger partial charge in [0, 0.05) is 19.1 Å². The molecular formula is C16H30N2O. The summed E-state index contributed by atoms with van der Waals surface area (Å²) in [6.45, 7) is 5.91. The van der Waals surface area contributed by atoms with Crippen molar-refractivity contribution in [1.82, 2.24) is 10.2 Å². The Hall–Kier alpha value is -0.120. The summed E-state index contributed by atoms with van der Waals surface area (Å²) in [5.41, 5.74) is 0. The summed E-state index contributed by atoms with van der Waals surface area (Å²) in [5.74, 6) is 0.885. The van der Waals surface area contributed by atoms with Crippen molar-refractivity contribution >= 4 is 0 Å². The Labute approximate surface area is 118 Å². The molecule has 3 aliphatic rings. The lowest BCUT2D eigenvalue weighted by atomic mass is 9.98. The van der Waals surface area contributed by atoms with Crippen LogP contribution in [0.15, 0.2) is 0 Å². The predicted molar refractivity (Wildman–Crippen MR) is 78.4 cm³/mol. The standard InChI is InChI=1S/C16H30N2O/c1-2-4-16(5-3-1)19-11-10-18-9-8-14(13-18)12-17-15-6-7-15/h14-17H,1-13H2. The van der Waals surface area contributed by atoms with Crippen LogP contribution in [0.4, 0.5) is 0 Å². The molecule has 110 valence electrons. The van der Waals surface area contributed by atoms with E-state index in [0.717, 1.165) is 25.1 Å². The van der Waals surface area contributed by atoms with Gasteiger partial charge in [-0.3, -0.25) is 0 Å². The maximum Gasteiger partial charge on any atom is 0.0597 e. The van der Waals surface area contributed by atoms with Crippen LogP contribution < -0.4 is 5.32 Å². The Morgan fingerprint density at radius 2 is 1.84 bits per heavy atom. The average Bonchev–Trinajstić information content (AvgIpc) is 3.17. The smallest absolute Gasteiger partial charge is 0.0597 e. The second-order valence-electron chi connectivity index (χ2n) is 6.77. The molecule has 0 aromatic carbocycles. The molecule has 1 atom stereocenters. The highest BCUT2D eigenvalue weighted by Gasteiger charge is 2.26. The number of likely N-dealkylation sites (tertiary alicyclic amines) is 1. The number of hydrogen-bond donors (Lipinski definition) is 1. The van der Waals surface area contributed by atoms with E-state index in [4.69, 9.17) is 4.74 Å². The van der Waals surface area contributed by atoms with Crippen LogP contribution in [0.1, 0.15) is 51.4 Å². The first-order chi connectivity index (χ1) is 9.40. The van der Waals surface area contributed by atoms with Crippen molar-refractivity contribution in [2.75, 3.05) is 32.8 Å². The molecule has 2 aliphatic carbocycles. The summed E-state index contributed by atoms with van der Waals surface area (Å²) in [7, 11) is 0. The van der Waals surface area contributed by atoms with Gasteiger partial charge in [0.15, 0.2) is 0 Å². The van der Waals surface area contributed by atoms with Crippen molar-refractivity contribution in [2.24, 2.45) is 5.92 Å². The zero-order valence-corrected chi connectivity index (χ0v) is 12.3. The molecule has 0 radical (unpaired) electrons. The van der Waals surface area contributed by atoms with Crippen molar-refractivity contribution in [2.45, 2.75) is 63.5 Å². The first-order valence-corrected chi connectivity index (χ1v) is 8.47. The quantitative estimate of drug-likeness (QED) is 0.766.